The largest absolute Gasteiger partial charge is 0.508 e. The molecule has 1 aromatic carbocycles. The molecule has 1 amide bonds. The molecule has 0 saturated carbocycles. The first kappa shape index (κ1) is 14.0. The number of carboxylic acids is 1. The molecule has 0 heterocycles. The number of hydrogen-bond donors (Lipinski definition) is 3. The number of amides is 1. The van der Waals surface area contributed by atoms with Crippen LogP contribution in [-0.2, 0) is 4.79 Å². The molecule has 1 aromatic rings. The van der Waals surface area contributed by atoms with E-state index in [9.17, 15) is 14.7 Å². The highest BCUT2D eigenvalue weighted by Gasteiger charge is 2.24. The summed E-state index contributed by atoms with van der Waals surface area (Å²) in [5.74, 6) is -1.77. The predicted molar refractivity (Wildman–Crippen MR) is 66.6 cm³/mol. The molecular weight excluding hydrogens is 234 g/mol. The Labute approximate surface area is 105 Å². The standard InChI is InChI=1S/C13H17NO4/c1-7(2)11(13(17)18)14-12(16)9-5-4-6-10(15)8(9)3/h4-7,11,15H,1-3H3,(H,14,16)(H,17,18). The number of nitrogens with one attached hydrogen (secondary N) is 1. The number of aliphatic carboxylic acids is 1. The van der Waals surface area contributed by atoms with Crippen molar-refractivity contribution in [1.29, 1.82) is 0 Å². The lowest BCUT2D eigenvalue weighted by molar-refractivity contribution is -0.140. The van der Waals surface area contributed by atoms with Crippen LogP contribution in [0, 0.1) is 12.8 Å². The third-order valence-electron chi connectivity index (χ3n) is 2.77. The molecule has 1 atom stereocenters. The molecule has 0 saturated heterocycles. The number of rotatable bonds is 4. The van der Waals surface area contributed by atoms with Gasteiger partial charge >= 0.3 is 5.97 Å². The molecule has 0 radical (unpaired) electrons. The van der Waals surface area contributed by atoms with Crippen molar-refractivity contribution in [3.8, 4) is 5.75 Å². The number of carbonyl (C=O) groups is 2. The highest BCUT2D eigenvalue weighted by atomic mass is 16.4. The second-order valence-corrected chi connectivity index (χ2v) is 4.48. The summed E-state index contributed by atoms with van der Waals surface area (Å²) in [6.07, 6.45) is 0. The van der Waals surface area contributed by atoms with Crippen molar-refractivity contribution in [2.75, 3.05) is 0 Å². The number of carbonyl (C=O) groups excluding carboxylic acids is 1. The Morgan fingerprint density at radius 1 is 1.28 bits per heavy atom. The van der Waals surface area contributed by atoms with Crippen LogP contribution < -0.4 is 5.32 Å². The van der Waals surface area contributed by atoms with E-state index in [0.29, 0.717) is 5.56 Å². The van der Waals surface area contributed by atoms with Gasteiger partial charge in [-0.15, -0.1) is 0 Å². The summed E-state index contributed by atoms with van der Waals surface area (Å²) in [6.45, 7) is 5.04. The maximum Gasteiger partial charge on any atom is 0.326 e. The van der Waals surface area contributed by atoms with Crippen LogP contribution in [0.1, 0.15) is 29.8 Å². The molecule has 0 aliphatic rings. The summed E-state index contributed by atoms with van der Waals surface area (Å²) in [5, 5.41) is 21.0. The molecule has 0 aliphatic carbocycles. The average molecular weight is 251 g/mol. The molecule has 1 unspecified atom stereocenters. The molecule has 1 rings (SSSR count). The summed E-state index contributed by atoms with van der Waals surface area (Å²) < 4.78 is 0. The van der Waals surface area contributed by atoms with Gasteiger partial charge in [0, 0.05) is 11.1 Å². The van der Waals surface area contributed by atoms with Crippen molar-refractivity contribution in [3.63, 3.8) is 0 Å². The van der Waals surface area contributed by atoms with Gasteiger partial charge in [0.1, 0.15) is 11.8 Å². The van der Waals surface area contributed by atoms with Crippen LogP contribution in [0.4, 0.5) is 0 Å². The normalized spacial score (nSPS) is 12.2. The number of phenols is 1. The van der Waals surface area contributed by atoms with Crippen LogP contribution in [0.3, 0.4) is 0 Å². The van der Waals surface area contributed by atoms with E-state index in [4.69, 9.17) is 5.11 Å². The second kappa shape index (κ2) is 5.53. The molecule has 5 nitrogen and oxygen atoms in total. The van der Waals surface area contributed by atoms with E-state index in [0.717, 1.165) is 0 Å². The first-order valence-corrected chi connectivity index (χ1v) is 5.66. The lowest BCUT2D eigenvalue weighted by atomic mass is 10.0. The van der Waals surface area contributed by atoms with Crippen LogP contribution in [0.5, 0.6) is 5.75 Å². The monoisotopic (exact) mass is 251 g/mol. The van der Waals surface area contributed by atoms with Crippen LogP contribution in [0.2, 0.25) is 0 Å². The van der Waals surface area contributed by atoms with Gasteiger partial charge in [0.25, 0.3) is 5.91 Å². The Hall–Kier alpha value is -2.04. The Kier molecular flexibility index (Phi) is 4.31. The molecule has 18 heavy (non-hydrogen) atoms. The van der Waals surface area contributed by atoms with Crippen LogP contribution in [0.25, 0.3) is 0 Å². The molecule has 0 aliphatic heterocycles. The van der Waals surface area contributed by atoms with Crippen molar-refractivity contribution in [3.05, 3.63) is 29.3 Å². The Bertz CT molecular complexity index is 468. The molecule has 0 fully saturated rings. The van der Waals surface area contributed by atoms with E-state index in [1.54, 1.807) is 32.9 Å². The van der Waals surface area contributed by atoms with E-state index in [1.165, 1.54) is 6.07 Å². The van der Waals surface area contributed by atoms with Crippen molar-refractivity contribution in [2.45, 2.75) is 26.8 Å². The van der Waals surface area contributed by atoms with Crippen molar-refractivity contribution >= 4 is 11.9 Å². The lowest BCUT2D eigenvalue weighted by Crippen LogP contribution is -2.44. The third kappa shape index (κ3) is 3.00. The third-order valence-corrected chi connectivity index (χ3v) is 2.77. The topological polar surface area (TPSA) is 86.6 Å². The van der Waals surface area contributed by atoms with Crippen molar-refractivity contribution in [2.24, 2.45) is 5.92 Å². The van der Waals surface area contributed by atoms with Gasteiger partial charge in [0.05, 0.1) is 0 Å². The van der Waals surface area contributed by atoms with Gasteiger partial charge in [0.2, 0.25) is 0 Å². The maximum atomic E-state index is 12.0. The summed E-state index contributed by atoms with van der Waals surface area (Å²) >= 11 is 0. The summed E-state index contributed by atoms with van der Waals surface area (Å²) in [4.78, 5) is 22.9. The van der Waals surface area contributed by atoms with Crippen molar-refractivity contribution in [1.82, 2.24) is 5.32 Å². The summed E-state index contributed by atoms with van der Waals surface area (Å²) in [6, 6.07) is 3.62. The molecule has 98 valence electrons. The molecule has 0 spiro atoms. The van der Waals surface area contributed by atoms with Crippen LogP contribution >= 0.6 is 0 Å². The number of aromatic hydroxyl groups is 1. The molecule has 5 heteroatoms. The fraction of sp³-hybridized carbons (Fsp3) is 0.385. The van der Waals surface area contributed by atoms with Gasteiger partial charge < -0.3 is 15.5 Å². The number of carboxylic acid groups (broad SMARTS) is 1. The van der Waals surface area contributed by atoms with Crippen molar-refractivity contribution < 1.29 is 19.8 Å². The fourth-order valence-electron chi connectivity index (χ4n) is 1.60. The Morgan fingerprint density at radius 2 is 1.89 bits per heavy atom. The quantitative estimate of drug-likeness (QED) is 0.757. The lowest BCUT2D eigenvalue weighted by Gasteiger charge is -2.18. The molecule has 0 aromatic heterocycles. The van der Waals surface area contributed by atoms with E-state index < -0.39 is 17.9 Å². The molecular formula is C13H17NO4. The SMILES string of the molecule is Cc1c(O)cccc1C(=O)NC(C(=O)O)C(C)C. The first-order valence-electron chi connectivity index (χ1n) is 5.66. The van der Waals surface area contributed by atoms with E-state index in [-0.39, 0.29) is 17.2 Å². The zero-order chi connectivity index (χ0) is 13.9. The zero-order valence-corrected chi connectivity index (χ0v) is 10.6. The number of phenolic OH excluding ortho intramolecular Hbond substituents is 1. The second-order valence-electron chi connectivity index (χ2n) is 4.48. The van der Waals surface area contributed by atoms with Gasteiger partial charge in [-0.05, 0) is 25.0 Å². The van der Waals surface area contributed by atoms with Gasteiger partial charge in [-0.3, -0.25) is 4.79 Å². The minimum atomic E-state index is -1.07. The highest BCUT2D eigenvalue weighted by molar-refractivity contribution is 5.98. The zero-order valence-electron chi connectivity index (χ0n) is 10.6. The smallest absolute Gasteiger partial charge is 0.326 e. The summed E-state index contributed by atoms with van der Waals surface area (Å²) in [5.41, 5.74) is 0.713. The van der Waals surface area contributed by atoms with E-state index in [1.807, 2.05) is 0 Å². The Balaban J connectivity index is 2.94. The highest BCUT2D eigenvalue weighted by Crippen LogP contribution is 2.19. The number of hydrogen-bond acceptors (Lipinski definition) is 3. The number of benzene rings is 1. The minimum Gasteiger partial charge on any atom is -0.508 e. The van der Waals surface area contributed by atoms with E-state index >= 15 is 0 Å². The van der Waals surface area contributed by atoms with Crippen LogP contribution in [-0.4, -0.2) is 28.1 Å². The fourth-order valence-corrected chi connectivity index (χ4v) is 1.60. The van der Waals surface area contributed by atoms with Crippen LogP contribution in [0.15, 0.2) is 18.2 Å². The molecule has 0 bridgehead atoms. The van der Waals surface area contributed by atoms with Gasteiger partial charge in [-0.2, -0.15) is 0 Å². The average Bonchev–Trinajstić information content (AvgIpc) is 2.28. The predicted octanol–water partition coefficient (Wildman–Crippen LogP) is 1.54. The van der Waals surface area contributed by atoms with E-state index in [2.05, 4.69) is 5.32 Å². The Morgan fingerprint density at radius 3 is 2.39 bits per heavy atom. The molecule has 3 N–H and O–H groups in total. The summed E-state index contributed by atoms with van der Waals surface area (Å²) in [7, 11) is 0. The minimum absolute atomic E-state index is 0.0130. The van der Waals surface area contributed by atoms with Gasteiger partial charge in [0.15, 0.2) is 0 Å². The maximum absolute atomic E-state index is 12.0. The van der Waals surface area contributed by atoms with Gasteiger partial charge in [-0.25, -0.2) is 4.79 Å². The van der Waals surface area contributed by atoms with Gasteiger partial charge in [-0.1, -0.05) is 19.9 Å². The first-order chi connectivity index (χ1) is 8.34.